The highest BCUT2D eigenvalue weighted by Crippen LogP contribution is 2.50. The number of thiocarbonyl (C=S) groups is 2. The average molecular weight is 315 g/mol. The van der Waals surface area contributed by atoms with Gasteiger partial charge < -0.3 is 9.84 Å². The molecule has 0 aromatic rings. The van der Waals surface area contributed by atoms with E-state index in [9.17, 15) is 5.11 Å². The van der Waals surface area contributed by atoms with Crippen molar-refractivity contribution in [3.8, 4) is 0 Å². The standard InChI is InChI=1S/C16H26O2S2/c1-5-8-12-9-7-10-16(17,15(12,3)4)13(19)11-14(20)18-6-2/h5,12,17H,1,6-11H2,2-4H3/t12-,16-/m1/s1. The molecule has 0 radical (unpaired) electrons. The molecule has 2 atom stereocenters. The van der Waals surface area contributed by atoms with E-state index < -0.39 is 5.60 Å². The van der Waals surface area contributed by atoms with E-state index in [2.05, 4.69) is 20.4 Å². The largest absolute Gasteiger partial charge is 0.487 e. The van der Waals surface area contributed by atoms with Crippen LogP contribution in [0.25, 0.3) is 0 Å². The molecule has 1 aliphatic carbocycles. The lowest BCUT2D eigenvalue weighted by Crippen LogP contribution is -2.56. The molecule has 1 saturated carbocycles. The SMILES string of the molecule is C=CC[C@@H]1CCC[C@@](O)(C(=S)CC(=S)OCC)C1(C)C. The predicted molar refractivity (Wildman–Crippen MR) is 92.3 cm³/mol. The Balaban J connectivity index is 2.91. The summed E-state index contributed by atoms with van der Waals surface area (Å²) in [7, 11) is 0. The molecular formula is C16H26O2S2. The fourth-order valence-electron chi connectivity index (χ4n) is 3.23. The van der Waals surface area contributed by atoms with Crippen LogP contribution in [0.5, 0.6) is 0 Å². The molecule has 0 spiro atoms. The third-order valence-electron chi connectivity index (χ3n) is 4.70. The van der Waals surface area contributed by atoms with Crippen molar-refractivity contribution in [3.63, 3.8) is 0 Å². The van der Waals surface area contributed by atoms with Crippen LogP contribution in [-0.2, 0) is 4.74 Å². The topological polar surface area (TPSA) is 29.5 Å². The van der Waals surface area contributed by atoms with Crippen molar-refractivity contribution in [1.82, 2.24) is 0 Å². The van der Waals surface area contributed by atoms with Gasteiger partial charge in [0.15, 0.2) is 5.05 Å². The van der Waals surface area contributed by atoms with Gasteiger partial charge in [-0.3, -0.25) is 0 Å². The Bertz CT molecular complexity index is 390. The van der Waals surface area contributed by atoms with Gasteiger partial charge in [-0.25, -0.2) is 0 Å². The van der Waals surface area contributed by atoms with E-state index in [-0.39, 0.29) is 5.41 Å². The van der Waals surface area contributed by atoms with Gasteiger partial charge in [0, 0.05) is 10.3 Å². The summed E-state index contributed by atoms with van der Waals surface area (Å²) in [6.07, 6.45) is 6.04. The predicted octanol–water partition coefficient (Wildman–Crippen LogP) is 4.24. The molecule has 1 N–H and O–H groups in total. The van der Waals surface area contributed by atoms with Crippen molar-refractivity contribution in [2.45, 2.75) is 58.5 Å². The van der Waals surface area contributed by atoms with Crippen LogP contribution in [-0.4, -0.2) is 27.2 Å². The number of ether oxygens (including phenoxy) is 1. The summed E-state index contributed by atoms with van der Waals surface area (Å²) >= 11 is 10.7. The lowest BCUT2D eigenvalue weighted by Gasteiger charge is -2.51. The number of rotatable bonds is 6. The van der Waals surface area contributed by atoms with Gasteiger partial charge in [-0.1, -0.05) is 32.1 Å². The molecule has 0 bridgehead atoms. The van der Waals surface area contributed by atoms with E-state index in [1.807, 2.05) is 13.0 Å². The van der Waals surface area contributed by atoms with Crippen molar-refractivity contribution in [3.05, 3.63) is 12.7 Å². The van der Waals surface area contributed by atoms with Crippen molar-refractivity contribution in [2.75, 3.05) is 6.61 Å². The zero-order chi connectivity index (χ0) is 15.4. The van der Waals surface area contributed by atoms with E-state index in [1.165, 1.54) is 0 Å². The maximum atomic E-state index is 11.2. The second kappa shape index (κ2) is 7.10. The van der Waals surface area contributed by atoms with Crippen LogP contribution in [0.2, 0.25) is 0 Å². The molecule has 20 heavy (non-hydrogen) atoms. The van der Waals surface area contributed by atoms with Gasteiger partial charge in [0.2, 0.25) is 0 Å². The molecule has 1 fully saturated rings. The summed E-state index contributed by atoms with van der Waals surface area (Å²) in [5.41, 5.74) is -1.21. The van der Waals surface area contributed by atoms with Gasteiger partial charge in [-0.05, 0) is 50.7 Å². The minimum Gasteiger partial charge on any atom is -0.487 e. The summed E-state index contributed by atoms with van der Waals surface area (Å²) < 4.78 is 5.31. The Hall–Kier alpha value is -0.320. The number of hydrogen-bond donors (Lipinski definition) is 1. The van der Waals surface area contributed by atoms with E-state index in [4.69, 9.17) is 29.2 Å². The Morgan fingerprint density at radius 3 is 2.65 bits per heavy atom. The Morgan fingerprint density at radius 2 is 2.10 bits per heavy atom. The van der Waals surface area contributed by atoms with Gasteiger partial charge in [0.25, 0.3) is 0 Å². The van der Waals surface area contributed by atoms with Gasteiger partial charge in [-0.15, -0.1) is 6.58 Å². The van der Waals surface area contributed by atoms with E-state index in [0.717, 1.165) is 19.3 Å². The fourth-order valence-corrected chi connectivity index (χ4v) is 4.08. The second-order valence-electron chi connectivity index (χ2n) is 6.10. The monoisotopic (exact) mass is 314 g/mol. The van der Waals surface area contributed by atoms with Crippen LogP contribution in [0.15, 0.2) is 12.7 Å². The van der Waals surface area contributed by atoms with Crippen LogP contribution in [0.3, 0.4) is 0 Å². The highest BCUT2D eigenvalue weighted by Gasteiger charge is 2.52. The van der Waals surface area contributed by atoms with E-state index in [0.29, 0.717) is 35.3 Å². The average Bonchev–Trinajstić information content (AvgIpc) is 2.35. The molecule has 0 heterocycles. The molecule has 2 nitrogen and oxygen atoms in total. The molecule has 0 aromatic carbocycles. The van der Waals surface area contributed by atoms with Crippen molar-refractivity contribution >= 4 is 34.4 Å². The molecule has 114 valence electrons. The molecule has 1 aliphatic rings. The Kier molecular flexibility index (Phi) is 6.29. The summed E-state index contributed by atoms with van der Waals surface area (Å²) in [5, 5.41) is 11.7. The Morgan fingerprint density at radius 1 is 1.45 bits per heavy atom. The maximum absolute atomic E-state index is 11.2. The van der Waals surface area contributed by atoms with Crippen molar-refractivity contribution in [2.24, 2.45) is 11.3 Å². The molecule has 4 heteroatoms. The first kappa shape index (κ1) is 17.7. The molecule has 0 aromatic heterocycles. The Labute approximate surface area is 133 Å². The van der Waals surface area contributed by atoms with Crippen LogP contribution in [0, 0.1) is 11.3 Å². The van der Waals surface area contributed by atoms with Gasteiger partial charge in [0.05, 0.1) is 13.0 Å². The van der Waals surface area contributed by atoms with E-state index in [1.54, 1.807) is 0 Å². The first-order valence-corrected chi connectivity index (χ1v) is 8.13. The van der Waals surface area contributed by atoms with Gasteiger partial charge in [-0.2, -0.15) is 0 Å². The molecular weight excluding hydrogens is 288 g/mol. The van der Waals surface area contributed by atoms with Crippen molar-refractivity contribution < 1.29 is 9.84 Å². The fraction of sp³-hybridized carbons (Fsp3) is 0.750. The van der Waals surface area contributed by atoms with E-state index >= 15 is 0 Å². The van der Waals surface area contributed by atoms with Crippen LogP contribution < -0.4 is 0 Å². The molecule has 1 rings (SSSR count). The lowest BCUT2D eigenvalue weighted by atomic mass is 9.57. The summed E-state index contributed by atoms with van der Waals surface area (Å²) in [5.74, 6) is 0.400. The molecule has 0 aliphatic heterocycles. The summed E-state index contributed by atoms with van der Waals surface area (Å²) in [6, 6.07) is 0. The molecule has 0 unspecified atom stereocenters. The summed E-state index contributed by atoms with van der Waals surface area (Å²) in [4.78, 5) is 0.620. The first-order chi connectivity index (χ1) is 9.29. The zero-order valence-electron chi connectivity index (χ0n) is 12.8. The maximum Gasteiger partial charge on any atom is 0.164 e. The molecule has 0 saturated heterocycles. The number of hydrogen-bond acceptors (Lipinski definition) is 4. The quantitative estimate of drug-likeness (QED) is 0.586. The molecule has 0 amide bonds. The van der Waals surface area contributed by atoms with Crippen LogP contribution in [0.1, 0.15) is 52.9 Å². The van der Waals surface area contributed by atoms with Crippen molar-refractivity contribution in [1.29, 1.82) is 0 Å². The third kappa shape index (κ3) is 3.46. The first-order valence-electron chi connectivity index (χ1n) is 7.31. The lowest BCUT2D eigenvalue weighted by molar-refractivity contribution is -0.0739. The minimum atomic E-state index is -0.949. The van der Waals surface area contributed by atoms with Crippen LogP contribution in [0.4, 0.5) is 0 Å². The smallest absolute Gasteiger partial charge is 0.164 e. The highest BCUT2D eigenvalue weighted by molar-refractivity contribution is 7.82. The third-order valence-corrected chi connectivity index (χ3v) is 5.44. The summed E-state index contributed by atoms with van der Waals surface area (Å²) in [6.45, 7) is 10.5. The van der Waals surface area contributed by atoms with Crippen LogP contribution >= 0.6 is 24.4 Å². The number of aliphatic hydroxyl groups is 1. The zero-order valence-corrected chi connectivity index (χ0v) is 14.4. The minimum absolute atomic E-state index is 0.266. The highest BCUT2D eigenvalue weighted by atomic mass is 32.1. The van der Waals surface area contributed by atoms with Gasteiger partial charge in [0.1, 0.15) is 5.60 Å². The second-order valence-corrected chi connectivity index (χ2v) is 7.05. The number of allylic oxidation sites excluding steroid dienone is 1. The van der Waals surface area contributed by atoms with Gasteiger partial charge >= 0.3 is 0 Å². The normalized spacial score (nSPS) is 28.7.